The van der Waals surface area contributed by atoms with Crippen LogP contribution >= 0.6 is 11.6 Å². The molecular formula is C10H9ClN2O2. The van der Waals surface area contributed by atoms with Crippen molar-refractivity contribution in [3.05, 3.63) is 35.2 Å². The third-order valence-corrected chi connectivity index (χ3v) is 2.27. The fourth-order valence-corrected chi connectivity index (χ4v) is 1.55. The van der Waals surface area contributed by atoms with E-state index >= 15 is 0 Å². The molecule has 0 spiro atoms. The van der Waals surface area contributed by atoms with Crippen LogP contribution in [0.5, 0.6) is 0 Å². The van der Waals surface area contributed by atoms with E-state index in [0.717, 1.165) is 0 Å². The average Bonchev–Trinajstić information content (AvgIpc) is 2.63. The Labute approximate surface area is 91.4 Å². The number of halogens is 1. The molecule has 0 saturated heterocycles. The van der Waals surface area contributed by atoms with Crippen molar-refractivity contribution in [1.29, 1.82) is 0 Å². The van der Waals surface area contributed by atoms with Gasteiger partial charge in [-0.1, -0.05) is 11.6 Å². The maximum Gasteiger partial charge on any atom is 0.356 e. The van der Waals surface area contributed by atoms with Gasteiger partial charge in [-0.25, -0.2) is 9.78 Å². The quantitative estimate of drug-likeness (QED) is 0.735. The highest BCUT2D eigenvalue weighted by molar-refractivity contribution is 6.33. The lowest BCUT2D eigenvalue weighted by Crippen LogP contribution is -2.07. The Morgan fingerprint density at radius 2 is 2.47 bits per heavy atom. The third kappa shape index (κ3) is 1.68. The zero-order valence-electron chi connectivity index (χ0n) is 8.11. The Hall–Kier alpha value is -1.55. The summed E-state index contributed by atoms with van der Waals surface area (Å²) in [5, 5.41) is 0.507. The Kier molecular flexibility index (Phi) is 2.60. The van der Waals surface area contributed by atoms with Gasteiger partial charge in [-0.05, 0) is 19.1 Å². The van der Waals surface area contributed by atoms with Crippen LogP contribution in [0.3, 0.4) is 0 Å². The lowest BCUT2D eigenvalue weighted by Gasteiger charge is -2.01. The second-order valence-corrected chi connectivity index (χ2v) is 3.32. The van der Waals surface area contributed by atoms with Crippen LogP contribution in [-0.4, -0.2) is 22.0 Å². The molecule has 0 aliphatic heterocycles. The number of imidazole rings is 1. The van der Waals surface area contributed by atoms with Gasteiger partial charge >= 0.3 is 5.97 Å². The molecule has 0 aliphatic carbocycles. The SMILES string of the molecule is CCOC(=O)c1cnc2c(Cl)cccn12. The second-order valence-electron chi connectivity index (χ2n) is 2.91. The highest BCUT2D eigenvalue weighted by Gasteiger charge is 2.13. The van der Waals surface area contributed by atoms with E-state index in [2.05, 4.69) is 4.98 Å². The molecule has 0 fully saturated rings. The molecule has 0 radical (unpaired) electrons. The van der Waals surface area contributed by atoms with E-state index in [1.54, 1.807) is 29.7 Å². The van der Waals surface area contributed by atoms with Crippen LogP contribution in [0.1, 0.15) is 17.4 Å². The van der Waals surface area contributed by atoms with E-state index < -0.39 is 5.97 Å². The number of aromatic nitrogens is 2. The maximum absolute atomic E-state index is 11.5. The van der Waals surface area contributed by atoms with Crippen molar-refractivity contribution >= 4 is 23.2 Å². The van der Waals surface area contributed by atoms with Crippen LogP contribution in [0.2, 0.25) is 5.02 Å². The summed E-state index contributed by atoms with van der Waals surface area (Å²) in [5.74, 6) is -0.396. The minimum atomic E-state index is -0.396. The summed E-state index contributed by atoms with van der Waals surface area (Å²) in [7, 11) is 0. The minimum absolute atomic E-state index is 0.340. The number of carbonyl (C=O) groups excluding carboxylic acids is 1. The van der Waals surface area contributed by atoms with Crippen LogP contribution in [0.25, 0.3) is 5.65 Å². The summed E-state index contributed by atoms with van der Waals surface area (Å²) in [5.41, 5.74) is 0.941. The van der Waals surface area contributed by atoms with Crippen molar-refractivity contribution in [3.63, 3.8) is 0 Å². The lowest BCUT2D eigenvalue weighted by molar-refractivity contribution is 0.0518. The van der Waals surface area contributed by atoms with Crippen molar-refractivity contribution in [2.24, 2.45) is 0 Å². The molecule has 0 bridgehead atoms. The number of pyridine rings is 1. The Morgan fingerprint density at radius 1 is 1.67 bits per heavy atom. The molecule has 0 saturated carbocycles. The number of carbonyl (C=O) groups is 1. The highest BCUT2D eigenvalue weighted by atomic mass is 35.5. The molecule has 2 aromatic rings. The predicted molar refractivity (Wildman–Crippen MR) is 56.2 cm³/mol. The Balaban J connectivity index is 2.54. The van der Waals surface area contributed by atoms with Crippen LogP contribution < -0.4 is 0 Å². The van der Waals surface area contributed by atoms with Gasteiger partial charge in [0.25, 0.3) is 0 Å². The van der Waals surface area contributed by atoms with Gasteiger partial charge in [0.15, 0.2) is 11.3 Å². The topological polar surface area (TPSA) is 43.6 Å². The monoisotopic (exact) mass is 224 g/mol. The third-order valence-electron chi connectivity index (χ3n) is 1.97. The second kappa shape index (κ2) is 3.90. The summed E-state index contributed by atoms with van der Waals surface area (Å²) < 4.78 is 6.50. The zero-order valence-corrected chi connectivity index (χ0v) is 8.86. The number of ether oxygens (including phenoxy) is 1. The largest absolute Gasteiger partial charge is 0.461 e. The molecule has 0 atom stereocenters. The van der Waals surface area contributed by atoms with Crippen LogP contribution in [0, 0.1) is 0 Å². The Morgan fingerprint density at radius 3 is 3.20 bits per heavy atom. The molecule has 0 N–H and O–H groups in total. The van der Waals surface area contributed by atoms with E-state index in [1.807, 2.05) is 0 Å². The molecule has 78 valence electrons. The van der Waals surface area contributed by atoms with E-state index in [1.165, 1.54) is 6.20 Å². The Bertz CT molecular complexity index is 507. The molecule has 15 heavy (non-hydrogen) atoms. The molecule has 0 aliphatic rings. The summed E-state index contributed by atoms with van der Waals surface area (Å²) >= 11 is 5.92. The zero-order chi connectivity index (χ0) is 10.8. The molecule has 4 nitrogen and oxygen atoms in total. The van der Waals surface area contributed by atoms with Crippen molar-refractivity contribution in [1.82, 2.24) is 9.38 Å². The summed E-state index contributed by atoms with van der Waals surface area (Å²) in [6, 6.07) is 3.47. The standard InChI is InChI=1S/C10H9ClN2O2/c1-2-15-10(14)8-6-12-9-7(11)4-3-5-13(8)9/h3-6H,2H2,1H3. The number of rotatable bonds is 2. The van der Waals surface area contributed by atoms with Crippen molar-refractivity contribution in [2.75, 3.05) is 6.61 Å². The molecular weight excluding hydrogens is 216 g/mol. The first kappa shape index (κ1) is 9.98. The molecule has 0 amide bonds. The van der Waals surface area contributed by atoms with Gasteiger partial charge < -0.3 is 4.74 Å². The molecule has 0 unspecified atom stereocenters. The van der Waals surface area contributed by atoms with Crippen molar-refractivity contribution in [3.8, 4) is 0 Å². The van der Waals surface area contributed by atoms with Crippen LogP contribution in [0.15, 0.2) is 24.5 Å². The van der Waals surface area contributed by atoms with Gasteiger partial charge in [0.05, 0.1) is 17.8 Å². The smallest absolute Gasteiger partial charge is 0.356 e. The van der Waals surface area contributed by atoms with Crippen LogP contribution in [-0.2, 0) is 4.74 Å². The summed E-state index contributed by atoms with van der Waals surface area (Å²) in [6.07, 6.45) is 3.18. The summed E-state index contributed by atoms with van der Waals surface area (Å²) in [4.78, 5) is 15.6. The van der Waals surface area contributed by atoms with Crippen molar-refractivity contribution in [2.45, 2.75) is 6.92 Å². The van der Waals surface area contributed by atoms with Gasteiger partial charge in [-0.3, -0.25) is 4.40 Å². The molecule has 2 rings (SSSR count). The normalized spacial score (nSPS) is 10.5. The van der Waals surface area contributed by atoms with Crippen LogP contribution in [0.4, 0.5) is 0 Å². The predicted octanol–water partition coefficient (Wildman–Crippen LogP) is 2.16. The van der Waals surface area contributed by atoms with Crippen molar-refractivity contribution < 1.29 is 9.53 Å². The van der Waals surface area contributed by atoms with E-state index in [9.17, 15) is 4.79 Å². The van der Waals surface area contributed by atoms with Gasteiger partial charge in [-0.2, -0.15) is 0 Å². The van der Waals surface area contributed by atoms with Gasteiger partial charge in [0.2, 0.25) is 0 Å². The van der Waals surface area contributed by atoms with E-state index in [4.69, 9.17) is 16.3 Å². The number of nitrogens with zero attached hydrogens (tertiary/aromatic N) is 2. The van der Waals surface area contributed by atoms with Gasteiger partial charge in [-0.15, -0.1) is 0 Å². The molecule has 2 heterocycles. The molecule has 5 heteroatoms. The fraction of sp³-hybridized carbons (Fsp3) is 0.200. The van der Waals surface area contributed by atoms with Gasteiger partial charge in [0, 0.05) is 6.20 Å². The minimum Gasteiger partial charge on any atom is -0.461 e. The maximum atomic E-state index is 11.5. The number of fused-ring (bicyclic) bond motifs is 1. The fourth-order valence-electron chi connectivity index (χ4n) is 1.33. The number of hydrogen-bond donors (Lipinski definition) is 0. The van der Waals surface area contributed by atoms with E-state index in [-0.39, 0.29) is 0 Å². The van der Waals surface area contributed by atoms with E-state index in [0.29, 0.717) is 23.0 Å². The van der Waals surface area contributed by atoms with Gasteiger partial charge in [0.1, 0.15) is 0 Å². The lowest BCUT2D eigenvalue weighted by atomic mass is 10.4. The molecule has 0 aromatic carbocycles. The first-order valence-electron chi connectivity index (χ1n) is 4.52. The summed E-state index contributed by atoms with van der Waals surface area (Å²) in [6.45, 7) is 2.10. The number of hydrogen-bond acceptors (Lipinski definition) is 3. The first-order chi connectivity index (χ1) is 7.24. The first-order valence-corrected chi connectivity index (χ1v) is 4.90. The molecule has 2 aromatic heterocycles. The highest BCUT2D eigenvalue weighted by Crippen LogP contribution is 2.17. The average molecular weight is 225 g/mol. The number of esters is 1.